The van der Waals surface area contributed by atoms with Crippen LogP contribution < -0.4 is 5.14 Å². The highest BCUT2D eigenvalue weighted by Crippen LogP contribution is 2.22. The Morgan fingerprint density at radius 2 is 2.20 bits per heavy atom. The molecular formula is C13H17FN2O3S. The minimum Gasteiger partial charge on any atom is -0.338 e. The Morgan fingerprint density at radius 3 is 2.70 bits per heavy atom. The number of halogens is 1. The topological polar surface area (TPSA) is 80.5 Å². The lowest BCUT2D eigenvalue weighted by molar-refractivity contribution is 0.0782. The first-order valence-corrected chi connectivity index (χ1v) is 7.99. The van der Waals surface area contributed by atoms with Gasteiger partial charge in [0.15, 0.2) is 0 Å². The predicted octanol–water partition coefficient (Wildman–Crippen LogP) is 1.35. The van der Waals surface area contributed by atoms with Crippen LogP contribution in [0.25, 0.3) is 0 Å². The van der Waals surface area contributed by atoms with Crippen LogP contribution in [0.15, 0.2) is 23.1 Å². The number of carbonyl (C=O) groups excluding carboxylic acids is 1. The van der Waals surface area contributed by atoms with Gasteiger partial charge >= 0.3 is 0 Å². The summed E-state index contributed by atoms with van der Waals surface area (Å²) in [6.07, 6.45) is 1.90. The van der Waals surface area contributed by atoms with Gasteiger partial charge in [0, 0.05) is 13.1 Å². The van der Waals surface area contributed by atoms with Crippen molar-refractivity contribution in [2.75, 3.05) is 13.1 Å². The average Bonchev–Trinajstić information content (AvgIpc) is 2.85. The third kappa shape index (κ3) is 2.99. The summed E-state index contributed by atoms with van der Waals surface area (Å²) in [6.45, 7) is 3.28. The molecule has 0 bridgehead atoms. The van der Waals surface area contributed by atoms with Crippen LogP contribution >= 0.6 is 0 Å². The van der Waals surface area contributed by atoms with Crippen LogP contribution in [0.2, 0.25) is 0 Å². The highest BCUT2D eigenvalue weighted by Gasteiger charge is 2.27. The largest absolute Gasteiger partial charge is 0.338 e. The van der Waals surface area contributed by atoms with Crippen molar-refractivity contribution < 1.29 is 17.6 Å². The van der Waals surface area contributed by atoms with Crippen LogP contribution in [-0.4, -0.2) is 32.3 Å². The Kier molecular flexibility index (Phi) is 4.10. The van der Waals surface area contributed by atoms with E-state index in [2.05, 4.69) is 6.92 Å². The van der Waals surface area contributed by atoms with Crippen LogP contribution in [0, 0.1) is 11.7 Å². The zero-order valence-corrected chi connectivity index (χ0v) is 12.0. The van der Waals surface area contributed by atoms with Crippen LogP contribution in [-0.2, 0) is 10.0 Å². The normalized spacial score (nSPS) is 19.4. The van der Waals surface area contributed by atoms with E-state index in [1.54, 1.807) is 4.90 Å². The Hall–Kier alpha value is -1.47. The average molecular weight is 300 g/mol. The SMILES string of the molecule is CCC1CCN(C(=O)c2ccc(S(N)(=O)=O)cc2F)C1. The number of carbonyl (C=O) groups is 1. The molecule has 1 saturated heterocycles. The van der Waals surface area contributed by atoms with E-state index in [-0.39, 0.29) is 10.5 Å². The van der Waals surface area contributed by atoms with Gasteiger partial charge in [-0.1, -0.05) is 13.3 Å². The number of amides is 1. The summed E-state index contributed by atoms with van der Waals surface area (Å²) in [7, 11) is -3.96. The standard InChI is InChI=1S/C13H17FN2O3S/c1-2-9-5-6-16(8-9)13(17)11-4-3-10(7-12(11)14)20(15,18)19/h3-4,7,9H,2,5-6,8H2,1H3,(H2,15,18,19). The first-order valence-electron chi connectivity index (χ1n) is 6.44. The zero-order valence-electron chi connectivity index (χ0n) is 11.2. The number of benzene rings is 1. The minimum atomic E-state index is -3.96. The summed E-state index contributed by atoms with van der Waals surface area (Å²) in [5, 5.41) is 4.92. The molecule has 0 aromatic heterocycles. The Bertz CT molecular complexity index is 631. The summed E-state index contributed by atoms with van der Waals surface area (Å²) in [5.74, 6) is -0.813. The first-order chi connectivity index (χ1) is 9.32. The smallest absolute Gasteiger partial charge is 0.256 e. The van der Waals surface area contributed by atoms with E-state index < -0.39 is 21.7 Å². The van der Waals surface area contributed by atoms with E-state index in [1.807, 2.05) is 0 Å². The number of hydrogen-bond acceptors (Lipinski definition) is 3. The van der Waals surface area contributed by atoms with Crippen molar-refractivity contribution in [3.8, 4) is 0 Å². The van der Waals surface area contributed by atoms with Gasteiger partial charge in [0.25, 0.3) is 5.91 Å². The molecule has 2 N–H and O–H groups in total. The van der Waals surface area contributed by atoms with Crippen molar-refractivity contribution >= 4 is 15.9 Å². The van der Waals surface area contributed by atoms with Gasteiger partial charge in [0.2, 0.25) is 10.0 Å². The number of primary sulfonamides is 1. The molecule has 0 spiro atoms. The fourth-order valence-corrected chi connectivity index (χ4v) is 2.89. The molecule has 1 atom stereocenters. The molecule has 1 aliphatic rings. The molecule has 0 aliphatic carbocycles. The van der Waals surface area contributed by atoms with Gasteiger partial charge in [-0.3, -0.25) is 4.79 Å². The lowest BCUT2D eigenvalue weighted by Crippen LogP contribution is -2.29. The summed E-state index contributed by atoms with van der Waals surface area (Å²) >= 11 is 0. The maximum Gasteiger partial charge on any atom is 0.256 e. The van der Waals surface area contributed by atoms with Crippen molar-refractivity contribution in [3.63, 3.8) is 0 Å². The van der Waals surface area contributed by atoms with Gasteiger partial charge in [-0.15, -0.1) is 0 Å². The third-order valence-electron chi connectivity index (χ3n) is 3.65. The number of hydrogen-bond donors (Lipinski definition) is 1. The Balaban J connectivity index is 2.24. The van der Waals surface area contributed by atoms with E-state index >= 15 is 0 Å². The Morgan fingerprint density at radius 1 is 1.50 bits per heavy atom. The van der Waals surface area contributed by atoms with Gasteiger partial charge in [0.1, 0.15) is 5.82 Å². The van der Waals surface area contributed by atoms with Crippen LogP contribution in [0.1, 0.15) is 30.1 Å². The van der Waals surface area contributed by atoms with Crippen molar-refractivity contribution in [2.45, 2.75) is 24.7 Å². The highest BCUT2D eigenvalue weighted by atomic mass is 32.2. The molecule has 110 valence electrons. The third-order valence-corrected chi connectivity index (χ3v) is 4.56. The van der Waals surface area contributed by atoms with E-state index in [0.29, 0.717) is 19.0 Å². The molecule has 7 heteroatoms. The molecule has 1 fully saturated rings. The lowest BCUT2D eigenvalue weighted by Gasteiger charge is -2.17. The first kappa shape index (κ1) is 14.9. The number of nitrogens with two attached hydrogens (primary N) is 1. The van der Waals surface area contributed by atoms with Crippen LogP contribution in [0.4, 0.5) is 4.39 Å². The molecule has 5 nitrogen and oxygen atoms in total. The van der Waals surface area contributed by atoms with Gasteiger partial charge < -0.3 is 4.90 Å². The second kappa shape index (κ2) is 5.49. The minimum absolute atomic E-state index is 0.117. The number of sulfonamides is 1. The molecule has 1 heterocycles. The van der Waals surface area contributed by atoms with E-state index in [1.165, 1.54) is 6.07 Å². The predicted molar refractivity (Wildman–Crippen MR) is 72.1 cm³/mol. The number of nitrogens with zero attached hydrogens (tertiary/aromatic N) is 1. The molecule has 1 aromatic carbocycles. The molecule has 20 heavy (non-hydrogen) atoms. The van der Waals surface area contributed by atoms with E-state index in [9.17, 15) is 17.6 Å². The fraction of sp³-hybridized carbons (Fsp3) is 0.462. The fourth-order valence-electron chi connectivity index (χ4n) is 2.37. The maximum atomic E-state index is 13.9. The van der Waals surface area contributed by atoms with Gasteiger partial charge in [-0.2, -0.15) is 0 Å². The van der Waals surface area contributed by atoms with Crippen molar-refractivity contribution in [3.05, 3.63) is 29.6 Å². The van der Waals surface area contributed by atoms with Crippen molar-refractivity contribution in [1.29, 1.82) is 0 Å². The van der Waals surface area contributed by atoms with Crippen LogP contribution in [0.3, 0.4) is 0 Å². The van der Waals surface area contributed by atoms with Crippen molar-refractivity contribution in [2.24, 2.45) is 11.1 Å². The van der Waals surface area contributed by atoms with Gasteiger partial charge in [0.05, 0.1) is 10.5 Å². The second-order valence-corrected chi connectivity index (χ2v) is 6.56. The molecule has 0 radical (unpaired) electrons. The molecule has 1 unspecified atom stereocenters. The number of rotatable bonds is 3. The monoisotopic (exact) mass is 300 g/mol. The van der Waals surface area contributed by atoms with E-state index in [0.717, 1.165) is 25.0 Å². The molecule has 1 amide bonds. The Labute approximate surface area is 117 Å². The molecular weight excluding hydrogens is 283 g/mol. The number of likely N-dealkylation sites (tertiary alicyclic amines) is 1. The highest BCUT2D eigenvalue weighted by molar-refractivity contribution is 7.89. The summed E-state index contributed by atoms with van der Waals surface area (Å²) in [4.78, 5) is 13.5. The van der Waals surface area contributed by atoms with Crippen molar-refractivity contribution in [1.82, 2.24) is 4.90 Å². The summed E-state index contributed by atoms with van der Waals surface area (Å²) in [5.41, 5.74) is -0.117. The molecule has 2 rings (SSSR count). The second-order valence-electron chi connectivity index (χ2n) is 5.00. The quantitative estimate of drug-likeness (QED) is 0.915. The van der Waals surface area contributed by atoms with Crippen LogP contribution in [0.5, 0.6) is 0 Å². The maximum absolute atomic E-state index is 13.9. The molecule has 1 aromatic rings. The molecule has 0 saturated carbocycles. The zero-order chi connectivity index (χ0) is 14.9. The van der Waals surface area contributed by atoms with Gasteiger partial charge in [-0.25, -0.2) is 17.9 Å². The summed E-state index contributed by atoms with van der Waals surface area (Å²) in [6, 6.07) is 3.12. The lowest BCUT2D eigenvalue weighted by atomic mass is 10.1. The summed E-state index contributed by atoms with van der Waals surface area (Å²) < 4.78 is 36.1. The molecule has 1 aliphatic heterocycles. The van der Waals surface area contributed by atoms with Gasteiger partial charge in [-0.05, 0) is 30.5 Å². The van der Waals surface area contributed by atoms with E-state index in [4.69, 9.17) is 5.14 Å².